The highest BCUT2D eigenvalue weighted by molar-refractivity contribution is 6.33. The van der Waals surface area contributed by atoms with Gasteiger partial charge in [-0.1, -0.05) is 43.6 Å². The molecule has 1 atom stereocenters. The molecule has 0 saturated heterocycles. The predicted octanol–water partition coefficient (Wildman–Crippen LogP) is 4.84. The maximum absolute atomic E-state index is 13.2. The molecule has 1 aromatic heterocycles. The number of nitrogens with one attached hydrogen (secondary N) is 2. The van der Waals surface area contributed by atoms with Crippen LogP contribution in [0.4, 0.5) is 10.1 Å². The fraction of sp³-hybridized carbons (Fsp3) is 0.273. The van der Waals surface area contributed by atoms with E-state index < -0.39 is 0 Å². The first-order valence-corrected chi connectivity index (χ1v) is 9.85. The van der Waals surface area contributed by atoms with Crippen molar-refractivity contribution in [3.63, 3.8) is 0 Å². The highest BCUT2D eigenvalue weighted by atomic mass is 35.5. The molecule has 7 heteroatoms. The number of hydrogen-bond acceptors (Lipinski definition) is 3. The van der Waals surface area contributed by atoms with E-state index in [1.165, 1.54) is 16.8 Å². The van der Waals surface area contributed by atoms with Crippen LogP contribution in [0.3, 0.4) is 0 Å². The Hall–Kier alpha value is -2.86. The number of anilines is 1. The van der Waals surface area contributed by atoms with Crippen LogP contribution in [0.5, 0.6) is 0 Å². The van der Waals surface area contributed by atoms with E-state index in [4.69, 9.17) is 11.6 Å². The molecule has 2 aromatic carbocycles. The van der Waals surface area contributed by atoms with E-state index in [2.05, 4.69) is 29.6 Å². The lowest BCUT2D eigenvalue weighted by Gasteiger charge is -2.24. The monoisotopic (exact) mass is 414 g/mol. The van der Waals surface area contributed by atoms with Crippen LogP contribution >= 0.6 is 11.6 Å². The molecule has 0 aliphatic carbocycles. The Morgan fingerprint density at radius 2 is 1.79 bits per heavy atom. The van der Waals surface area contributed by atoms with Crippen molar-refractivity contribution in [1.82, 2.24) is 15.1 Å². The first kappa shape index (κ1) is 20.9. The van der Waals surface area contributed by atoms with Gasteiger partial charge in [-0.2, -0.15) is 5.10 Å². The molecule has 0 spiro atoms. The van der Waals surface area contributed by atoms with Crippen LogP contribution in [0.25, 0.3) is 5.69 Å². The highest BCUT2D eigenvalue weighted by Gasteiger charge is 2.22. The molecule has 152 valence electrons. The van der Waals surface area contributed by atoms with Crippen molar-refractivity contribution in [3.05, 3.63) is 76.8 Å². The number of aromatic nitrogens is 2. The first-order valence-electron chi connectivity index (χ1n) is 9.47. The smallest absolute Gasteiger partial charge is 0.256 e. The van der Waals surface area contributed by atoms with Crippen molar-refractivity contribution in [1.29, 1.82) is 0 Å². The highest BCUT2D eigenvalue weighted by Crippen LogP contribution is 2.24. The topological polar surface area (TPSA) is 59.0 Å². The van der Waals surface area contributed by atoms with Crippen molar-refractivity contribution in [2.24, 2.45) is 5.92 Å². The van der Waals surface area contributed by atoms with Crippen LogP contribution in [0, 0.1) is 18.7 Å². The minimum absolute atomic E-state index is 0.0487. The SMILES string of the molecule is Cc1nn(-c2ccc(F)cc2)c(Cl)c1C(=O)NCC(Nc1ccccc1)C(C)C. The number of para-hydroxylation sites is 1. The number of carbonyl (C=O) groups is 1. The molecular formula is C22H24ClFN4O. The summed E-state index contributed by atoms with van der Waals surface area (Å²) in [5.41, 5.74) is 2.41. The molecule has 1 amide bonds. The van der Waals surface area contributed by atoms with Gasteiger partial charge in [-0.3, -0.25) is 4.79 Å². The predicted molar refractivity (Wildman–Crippen MR) is 114 cm³/mol. The molecule has 0 radical (unpaired) electrons. The summed E-state index contributed by atoms with van der Waals surface area (Å²) in [6.45, 7) is 6.35. The van der Waals surface area contributed by atoms with Gasteiger partial charge in [-0.05, 0) is 49.2 Å². The van der Waals surface area contributed by atoms with E-state index in [1.807, 2.05) is 30.3 Å². The van der Waals surface area contributed by atoms with Crippen LogP contribution in [-0.4, -0.2) is 28.3 Å². The van der Waals surface area contributed by atoms with Crippen molar-refractivity contribution in [2.45, 2.75) is 26.8 Å². The van der Waals surface area contributed by atoms with Crippen molar-refractivity contribution >= 4 is 23.2 Å². The lowest BCUT2D eigenvalue weighted by atomic mass is 10.0. The average molecular weight is 415 g/mol. The van der Waals surface area contributed by atoms with Crippen LogP contribution in [0.1, 0.15) is 29.9 Å². The molecule has 0 bridgehead atoms. The summed E-state index contributed by atoms with van der Waals surface area (Å²) in [6.07, 6.45) is 0. The standard InChI is InChI=1S/C22H24ClFN4O/c1-14(2)19(26-17-7-5-4-6-8-17)13-25-22(29)20-15(3)27-28(21(20)23)18-11-9-16(24)10-12-18/h4-12,14,19,26H,13H2,1-3H3,(H,25,29). The number of nitrogens with zero attached hydrogens (tertiary/aromatic N) is 2. The van der Waals surface area contributed by atoms with E-state index in [0.29, 0.717) is 29.4 Å². The Labute approximate surface area is 174 Å². The molecule has 1 heterocycles. The summed E-state index contributed by atoms with van der Waals surface area (Å²) in [4.78, 5) is 12.8. The Morgan fingerprint density at radius 3 is 2.41 bits per heavy atom. The Balaban J connectivity index is 1.74. The van der Waals surface area contributed by atoms with Gasteiger partial charge < -0.3 is 10.6 Å². The van der Waals surface area contributed by atoms with Crippen LogP contribution in [0.15, 0.2) is 54.6 Å². The minimum Gasteiger partial charge on any atom is -0.380 e. The average Bonchev–Trinajstić information content (AvgIpc) is 3.00. The summed E-state index contributed by atoms with van der Waals surface area (Å²) in [5.74, 6) is -0.340. The summed E-state index contributed by atoms with van der Waals surface area (Å²) < 4.78 is 14.6. The number of benzene rings is 2. The number of rotatable bonds is 7. The van der Waals surface area contributed by atoms with E-state index >= 15 is 0 Å². The number of halogens is 2. The third-order valence-corrected chi connectivity index (χ3v) is 5.06. The molecule has 2 N–H and O–H groups in total. The number of hydrogen-bond donors (Lipinski definition) is 2. The summed E-state index contributed by atoms with van der Waals surface area (Å²) >= 11 is 6.44. The van der Waals surface area contributed by atoms with E-state index in [1.54, 1.807) is 19.1 Å². The summed E-state index contributed by atoms with van der Waals surface area (Å²) in [6, 6.07) is 15.7. The van der Waals surface area contributed by atoms with Gasteiger partial charge in [-0.25, -0.2) is 9.07 Å². The van der Waals surface area contributed by atoms with E-state index in [0.717, 1.165) is 5.69 Å². The second-order valence-corrected chi connectivity index (χ2v) is 7.57. The Bertz CT molecular complexity index is 970. The zero-order valence-electron chi connectivity index (χ0n) is 16.6. The van der Waals surface area contributed by atoms with Gasteiger partial charge in [0.25, 0.3) is 5.91 Å². The molecule has 0 aliphatic rings. The largest absolute Gasteiger partial charge is 0.380 e. The van der Waals surface area contributed by atoms with Crippen LogP contribution < -0.4 is 10.6 Å². The second kappa shape index (κ2) is 9.09. The number of amides is 1. The summed E-state index contributed by atoms with van der Waals surface area (Å²) in [7, 11) is 0. The van der Waals surface area contributed by atoms with E-state index in [-0.39, 0.29) is 22.9 Å². The zero-order chi connectivity index (χ0) is 21.0. The molecule has 0 aliphatic heterocycles. The van der Waals surface area contributed by atoms with Gasteiger partial charge in [0.2, 0.25) is 0 Å². The van der Waals surface area contributed by atoms with Crippen molar-refractivity contribution in [2.75, 3.05) is 11.9 Å². The minimum atomic E-state index is -0.350. The van der Waals surface area contributed by atoms with Crippen LogP contribution in [-0.2, 0) is 0 Å². The van der Waals surface area contributed by atoms with Gasteiger partial charge in [0.15, 0.2) is 0 Å². The normalized spacial score (nSPS) is 12.1. The first-order chi connectivity index (χ1) is 13.9. The fourth-order valence-corrected chi connectivity index (χ4v) is 3.36. The molecule has 0 saturated carbocycles. The van der Waals surface area contributed by atoms with Gasteiger partial charge in [0.05, 0.1) is 16.9 Å². The molecule has 0 fully saturated rings. The van der Waals surface area contributed by atoms with Crippen molar-refractivity contribution < 1.29 is 9.18 Å². The zero-order valence-corrected chi connectivity index (χ0v) is 17.4. The molecule has 5 nitrogen and oxygen atoms in total. The second-order valence-electron chi connectivity index (χ2n) is 7.21. The van der Waals surface area contributed by atoms with Gasteiger partial charge in [-0.15, -0.1) is 0 Å². The quantitative estimate of drug-likeness (QED) is 0.581. The fourth-order valence-electron chi connectivity index (χ4n) is 3.00. The van der Waals surface area contributed by atoms with E-state index in [9.17, 15) is 9.18 Å². The van der Waals surface area contributed by atoms with Gasteiger partial charge >= 0.3 is 0 Å². The number of aryl methyl sites for hydroxylation is 1. The molecule has 3 rings (SSSR count). The van der Waals surface area contributed by atoms with Crippen LogP contribution in [0.2, 0.25) is 5.15 Å². The summed E-state index contributed by atoms with van der Waals surface area (Å²) in [5, 5.41) is 10.9. The lowest BCUT2D eigenvalue weighted by molar-refractivity contribution is 0.0950. The maximum Gasteiger partial charge on any atom is 0.256 e. The van der Waals surface area contributed by atoms with Crippen molar-refractivity contribution in [3.8, 4) is 5.69 Å². The van der Waals surface area contributed by atoms with Gasteiger partial charge in [0, 0.05) is 18.3 Å². The Kier molecular flexibility index (Phi) is 6.54. The number of carbonyl (C=O) groups excluding carboxylic acids is 1. The third kappa shape index (κ3) is 4.95. The Morgan fingerprint density at radius 1 is 1.14 bits per heavy atom. The lowest BCUT2D eigenvalue weighted by Crippen LogP contribution is -2.39. The maximum atomic E-state index is 13.2. The molecule has 3 aromatic rings. The third-order valence-electron chi connectivity index (χ3n) is 4.72. The molecular weight excluding hydrogens is 391 g/mol. The molecule has 29 heavy (non-hydrogen) atoms. The van der Waals surface area contributed by atoms with Gasteiger partial charge in [0.1, 0.15) is 11.0 Å². The molecule has 1 unspecified atom stereocenters.